The predicted octanol–water partition coefficient (Wildman–Crippen LogP) is 1.85. The number of hydrogen-bond donors (Lipinski definition) is 3. The van der Waals surface area contributed by atoms with E-state index in [9.17, 15) is 57.6 Å². The lowest BCUT2D eigenvalue weighted by atomic mass is 10.2. The number of nitrogens with zero attached hydrogens (tertiary/aromatic N) is 3. The SMILES string of the molecule is CC(=O)CC(=O)C(F)(F)F.CS(=O)(=O)c1ccc(-n2[nH]c(C(F)(F)F)cc2=O)nc1.CS(=O)(=O)c1ccc(NN)nc1. The molecule has 3 rings (SSSR count). The summed E-state index contributed by atoms with van der Waals surface area (Å²) in [6.07, 6.45) is -6.30. The van der Waals surface area contributed by atoms with Crippen molar-refractivity contribution >= 4 is 37.1 Å². The molecule has 21 heteroatoms. The van der Waals surface area contributed by atoms with Gasteiger partial charge in [-0.05, 0) is 31.2 Å². The molecule has 0 aliphatic rings. The number of hydrogen-bond acceptors (Lipinski definition) is 11. The van der Waals surface area contributed by atoms with Gasteiger partial charge < -0.3 is 5.43 Å². The van der Waals surface area contributed by atoms with E-state index in [4.69, 9.17) is 5.84 Å². The maximum absolute atomic E-state index is 12.4. The van der Waals surface area contributed by atoms with Gasteiger partial charge in [0.2, 0.25) is 5.78 Å². The maximum atomic E-state index is 12.4. The van der Waals surface area contributed by atoms with Crippen LogP contribution in [-0.4, -0.2) is 66.8 Å². The number of carbonyl (C=O) groups excluding carboxylic acids is 2. The van der Waals surface area contributed by atoms with Gasteiger partial charge in [-0.3, -0.25) is 19.5 Å². The minimum atomic E-state index is -4.87. The van der Waals surface area contributed by atoms with E-state index in [-0.39, 0.29) is 15.6 Å². The van der Waals surface area contributed by atoms with E-state index in [1.54, 1.807) is 0 Å². The molecule has 0 bridgehead atoms. The first-order chi connectivity index (χ1) is 19.0. The number of Topliss-reactive ketones (excluding diaryl/α,β-unsaturated/α-hetero) is 2. The molecule has 13 nitrogen and oxygen atoms in total. The first kappa shape index (κ1) is 35.9. The zero-order valence-electron chi connectivity index (χ0n) is 21.6. The van der Waals surface area contributed by atoms with Gasteiger partial charge >= 0.3 is 12.4 Å². The summed E-state index contributed by atoms with van der Waals surface area (Å²) in [7, 11) is -6.63. The normalized spacial score (nSPS) is 11.9. The summed E-state index contributed by atoms with van der Waals surface area (Å²) < 4.78 is 116. The van der Waals surface area contributed by atoms with Gasteiger partial charge in [-0.1, -0.05) is 0 Å². The van der Waals surface area contributed by atoms with Gasteiger partial charge in [-0.25, -0.2) is 37.3 Å². The Hall–Kier alpha value is -4.11. The van der Waals surface area contributed by atoms with Crippen molar-refractivity contribution in [2.24, 2.45) is 5.84 Å². The maximum Gasteiger partial charge on any atom is 0.450 e. The number of pyridine rings is 2. The average Bonchev–Trinajstić information content (AvgIpc) is 3.25. The third-order valence-corrected chi connectivity index (χ3v) is 6.64. The molecule has 3 heterocycles. The van der Waals surface area contributed by atoms with Crippen LogP contribution in [0.15, 0.2) is 57.3 Å². The number of aromatic amines is 1. The number of carbonyl (C=O) groups is 2. The number of rotatable bonds is 6. The Bertz CT molecular complexity index is 1660. The van der Waals surface area contributed by atoms with Crippen molar-refractivity contribution < 1.29 is 52.8 Å². The van der Waals surface area contributed by atoms with Gasteiger partial charge in [0.25, 0.3) is 5.56 Å². The highest BCUT2D eigenvalue weighted by molar-refractivity contribution is 7.91. The highest BCUT2D eigenvalue weighted by Crippen LogP contribution is 2.26. The number of ketones is 2. The fourth-order valence-electron chi connectivity index (χ4n) is 2.45. The number of halogens is 6. The molecule has 0 atom stereocenters. The molecule has 0 aliphatic heterocycles. The highest BCUT2D eigenvalue weighted by Gasteiger charge is 2.38. The van der Waals surface area contributed by atoms with Crippen molar-refractivity contribution in [1.29, 1.82) is 0 Å². The van der Waals surface area contributed by atoms with Crippen molar-refractivity contribution in [1.82, 2.24) is 19.7 Å². The van der Waals surface area contributed by atoms with Crippen molar-refractivity contribution in [3.8, 4) is 5.82 Å². The number of sulfone groups is 2. The fourth-order valence-corrected chi connectivity index (χ4v) is 3.57. The molecule has 0 saturated carbocycles. The Morgan fingerprint density at radius 3 is 1.71 bits per heavy atom. The van der Waals surface area contributed by atoms with E-state index in [1.165, 1.54) is 18.3 Å². The number of H-pyrrole nitrogens is 1. The lowest BCUT2D eigenvalue weighted by Crippen LogP contribution is -2.24. The van der Waals surface area contributed by atoms with Crippen LogP contribution in [0.3, 0.4) is 0 Å². The van der Waals surface area contributed by atoms with E-state index in [0.29, 0.717) is 16.6 Å². The molecule has 0 aromatic carbocycles. The van der Waals surface area contributed by atoms with E-state index in [2.05, 4.69) is 15.4 Å². The van der Waals surface area contributed by atoms with E-state index < -0.39 is 61.3 Å². The van der Waals surface area contributed by atoms with Gasteiger partial charge in [-0.2, -0.15) is 26.3 Å². The summed E-state index contributed by atoms with van der Waals surface area (Å²) in [5, 5.41) is 1.86. The molecule has 0 spiro atoms. The third kappa shape index (κ3) is 11.4. The number of nitrogen functional groups attached to an aromatic ring is 1. The van der Waals surface area contributed by atoms with Crippen LogP contribution in [-0.2, 0) is 35.4 Å². The van der Waals surface area contributed by atoms with E-state index in [0.717, 1.165) is 37.8 Å². The number of nitrogens with one attached hydrogen (secondary N) is 2. The van der Waals surface area contributed by atoms with Crippen LogP contribution in [0.4, 0.5) is 32.2 Å². The topological polar surface area (TPSA) is 204 Å². The second-order valence-electron chi connectivity index (χ2n) is 8.06. The summed E-state index contributed by atoms with van der Waals surface area (Å²) in [4.78, 5) is 38.8. The lowest BCUT2D eigenvalue weighted by molar-refractivity contribution is -0.171. The largest absolute Gasteiger partial charge is 0.450 e. The van der Waals surface area contributed by atoms with Crippen LogP contribution in [0.1, 0.15) is 19.0 Å². The van der Waals surface area contributed by atoms with Crippen molar-refractivity contribution in [2.45, 2.75) is 35.5 Å². The summed E-state index contributed by atoms with van der Waals surface area (Å²) in [6, 6.07) is 5.62. The molecule has 232 valence electrons. The number of nitrogens with two attached hydrogens (primary N) is 1. The highest BCUT2D eigenvalue weighted by atomic mass is 32.2. The molecule has 0 aliphatic carbocycles. The van der Waals surface area contributed by atoms with Crippen LogP contribution in [0.2, 0.25) is 0 Å². The van der Waals surface area contributed by atoms with E-state index in [1.807, 2.05) is 5.10 Å². The summed E-state index contributed by atoms with van der Waals surface area (Å²) in [5.41, 5.74) is 0.141. The van der Waals surface area contributed by atoms with Gasteiger partial charge in [0.15, 0.2) is 25.5 Å². The number of alkyl halides is 6. The number of hydrazine groups is 1. The van der Waals surface area contributed by atoms with Crippen LogP contribution in [0.5, 0.6) is 0 Å². The molecule has 3 aromatic rings. The zero-order valence-corrected chi connectivity index (χ0v) is 23.2. The Labute approximate surface area is 233 Å². The Kier molecular flexibility index (Phi) is 11.7. The Morgan fingerprint density at radius 1 is 0.929 bits per heavy atom. The molecule has 3 aromatic heterocycles. The second kappa shape index (κ2) is 13.7. The summed E-state index contributed by atoms with van der Waals surface area (Å²) in [6.45, 7) is 0.934. The predicted molar refractivity (Wildman–Crippen MR) is 134 cm³/mol. The fraction of sp³-hybridized carbons (Fsp3) is 0.286. The number of anilines is 1. The van der Waals surface area contributed by atoms with Crippen molar-refractivity contribution in [3.63, 3.8) is 0 Å². The minimum absolute atomic E-state index is 0.100. The standard InChI is InChI=1S/C10H8F3N3O3S.C6H9N3O2S.C5H5F3O2/c1-20(18,19)6-2-3-8(14-5-6)16-9(17)4-7(15-16)10(11,12)13;1-12(10,11)5-2-3-6(9-7)8-4-5;1-3(9)2-4(10)5(6,7)8/h2-5,15H,1H3;2-4H,7H2,1H3,(H,8,9);2H2,1H3. The molecular weight excluding hydrogens is 626 g/mol. The molecule has 0 amide bonds. The minimum Gasteiger partial charge on any atom is -0.308 e. The van der Waals surface area contributed by atoms with E-state index >= 15 is 0 Å². The molecule has 0 radical (unpaired) electrons. The molecule has 0 unspecified atom stereocenters. The first-order valence-corrected chi connectivity index (χ1v) is 14.5. The van der Waals surface area contributed by atoms with Crippen LogP contribution in [0, 0.1) is 0 Å². The molecular formula is C21H22F6N6O7S2. The molecule has 0 fully saturated rings. The first-order valence-electron chi connectivity index (χ1n) is 10.7. The zero-order chi connectivity index (χ0) is 32.7. The van der Waals surface area contributed by atoms with Gasteiger partial charge in [0.05, 0.1) is 16.2 Å². The third-order valence-electron chi connectivity index (χ3n) is 4.44. The summed E-state index contributed by atoms with van der Waals surface area (Å²) >= 11 is 0. The van der Waals surface area contributed by atoms with Crippen LogP contribution in [0.25, 0.3) is 5.82 Å². The van der Waals surface area contributed by atoms with Gasteiger partial charge in [0, 0.05) is 31.0 Å². The van der Waals surface area contributed by atoms with Crippen LogP contribution < -0.4 is 16.8 Å². The average molecular weight is 649 g/mol. The van der Waals surface area contributed by atoms with Crippen molar-refractivity contribution in [2.75, 3.05) is 17.9 Å². The lowest BCUT2D eigenvalue weighted by Gasteiger charge is -2.04. The second-order valence-corrected chi connectivity index (χ2v) is 12.1. The van der Waals surface area contributed by atoms with Gasteiger partial charge in [0.1, 0.15) is 17.3 Å². The monoisotopic (exact) mass is 648 g/mol. The van der Waals surface area contributed by atoms with Gasteiger partial charge in [-0.15, -0.1) is 0 Å². The molecule has 0 saturated heterocycles. The quantitative estimate of drug-likeness (QED) is 0.152. The van der Waals surface area contributed by atoms with Crippen molar-refractivity contribution in [3.05, 3.63) is 58.8 Å². The summed E-state index contributed by atoms with van der Waals surface area (Å²) in [5.74, 6) is 2.58. The Morgan fingerprint density at radius 2 is 1.43 bits per heavy atom. The Balaban J connectivity index is 0.000000344. The van der Waals surface area contributed by atoms with Crippen LogP contribution >= 0.6 is 0 Å². The molecule has 4 N–H and O–H groups in total. The smallest absolute Gasteiger partial charge is 0.308 e. The molecule has 42 heavy (non-hydrogen) atoms. The number of aromatic nitrogens is 4.